The number of ketones is 4. The van der Waals surface area contributed by atoms with Gasteiger partial charge in [0.1, 0.15) is 23.1 Å². The zero-order valence-electron chi connectivity index (χ0n) is 97.9. The quantitative estimate of drug-likeness (QED) is 0.0847. The fourth-order valence-corrected chi connectivity index (χ4v) is 49.7. The van der Waals surface area contributed by atoms with Gasteiger partial charge in [-0.2, -0.15) is 0 Å². The number of rotatable bonds is 15. The molecule has 24 aliphatic carbocycles. The second-order valence-corrected chi connectivity index (χ2v) is 60.2. The van der Waals surface area contributed by atoms with Crippen LogP contribution in [0.1, 0.15) is 431 Å². The summed E-state index contributed by atoms with van der Waals surface area (Å²) < 4.78 is 12.1. The summed E-state index contributed by atoms with van der Waals surface area (Å²) in [5.74, 6) is 22.6. The Labute approximate surface area is 912 Å². The van der Waals surface area contributed by atoms with Crippen molar-refractivity contribution in [2.24, 2.45) is 254 Å². The third-order valence-electron chi connectivity index (χ3n) is 56.6. The summed E-state index contributed by atoms with van der Waals surface area (Å²) in [4.78, 5) is 51.5. The number of aliphatic hydroxyl groups excluding tert-OH is 6. The zero-order valence-corrected chi connectivity index (χ0v) is 97.9. The van der Waals surface area contributed by atoms with Crippen molar-refractivity contribution in [2.45, 2.75) is 480 Å². The number of methoxy groups -OCH3 is 2. The molecule has 0 aliphatic heterocycles. The Morgan fingerprint density at radius 3 is 1.13 bits per heavy atom. The third kappa shape index (κ3) is 18.0. The lowest BCUT2D eigenvalue weighted by atomic mass is 9.43. The van der Waals surface area contributed by atoms with Gasteiger partial charge < -0.3 is 40.1 Å². The number of Topliss-reactive ketones (excluding diaryl/α,β-unsaturated/α-hetero) is 4. The summed E-state index contributed by atoms with van der Waals surface area (Å²) in [6.07, 6.45) is 74.3. The first kappa shape index (κ1) is 115. The highest BCUT2D eigenvalue weighted by Crippen LogP contribution is 2.78. The molecule has 24 aliphatic rings. The summed E-state index contributed by atoms with van der Waals surface area (Å²) in [5, 5.41) is 61.5. The van der Waals surface area contributed by atoms with E-state index in [1.54, 1.807) is 0 Å². The van der Waals surface area contributed by atoms with Gasteiger partial charge in [-0.15, -0.1) is 39.5 Å². The molecule has 0 bridgehead atoms. The van der Waals surface area contributed by atoms with Crippen molar-refractivity contribution in [3.8, 4) is 0 Å². The molecule has 0 saturated heterocycles. The number of aliphatic hydroxyl groups is 6. The molecule has 51 atom stereocenters. The van der Waals surface area contributed by atoms with Crippen LogP contribution in [0, 0.1) is 254 Å². The van der Waals surface area contributed by atoms with Crippen molar-refractivity contribution in [1.29, 1.82) is 0 Å². The van der Waals surface area contributed by atoms with Gasteiger partial charge in [0, 0.05) is 35.9 Å². The predicted octanol–water partition coefficient (Wildman–Crippen LogP) is 30.5. The second kappa shape index (κ2) is 43.8. The van der Waals surface area contributed by atoms with E-state index < -0.39 is 0 Å². The molecule has 12 nitrogen and oxygen atoms in total. The van der Waals surface area contributed by atoms with Crippen LogP contribution in [0.2, 0.25) is 0 Å². The normalized spacial score (nSPS) is 53.5. The van der Waals surface area contributed by atoms with E-state index in [0.717, 1.165) is 237 Å². The van der Waals surface area contributed by atoms with Gasteiger partial charge in [0.2, 0.25) is 0 Å². The maximum absolute atomic E-state index is 13.0. The van der Waals surface area contributed by atoms with Crippen molar-refractivity contribution in [3.05, 3.63) is 88.1 Å². The first-order valence-electron chi connectivity index (χ1n) is 64.0. The maximum atomic E-state index is 13.0. The number of fused-ring (bicyclic) bond motifs is 30. The topological polar surface area (TPSA) is 208 Å². The van der Waals surface area contributed by atoms with E-state index in [0.29, 0.717) is 168 Å². The Kier molecular flexibility index (Phi) is 33.5. The SMILES string of the molecule is C=C[C@H]1CC[C@H]2[C@@H]3CC[C@H]4C[C@H](O)CC[C@]4(C)[C@H]3[C@@H](OC)C[C@]12C(C)=O.C=C[C@H]1CC[C@H]2[C@@H]3CC[C@H]4C[C@H](O)CC[C@]4(CC)[C@H]3CC[C@]12C(C)=O.C=C[C@H]1CC[C@H]2[C@@H]3CC[C@H]4C[C@H](O)[C@@H](C)C[C@]4(C)[C@H]3CC[C@]12C(C)=O.C=C[C@H]1CC[C@H]2[C@@H]3C[C@@H](OC)[C@H]4C[C@H](O)CC[C@]4(C)[C@H]3CC[C@]12C(C)=O.C=C[C@]12CC[C@H]3[C@@H](CC[C@H]4C[C@H](O)CC[C@@]43C)[C@@H]1CC[C@@H]2C(=C)C.C=C[C@]12CC[C@H]3[C@@H](CC[C@H]4C[C@H](O)CC[C@@]43C)[C@@H]1CC[C@@H]2C(C)C. The predicted molar refractivity (Wildman–Crippen MR) is 608 cm³/mol. The lowest BCUT2D eigenvalue weighted by molar-refractivity contribution is -0.189. The second-order valence-electron chi connectivity index (χ2n) is 60.2. The number of allylic oxidation sites excluding steroid dienone is 7. The molecule has 6 N–H and O–H groups in total. The number of carbonyl (C=O) groups excluding carboxylic acids is 4. The number of ether oxygens (including phenoxy) is 2. The minimum Gasteiger partial charge on any atom is -0.393 e. The summed E-state index contributed by atoms with van der Waals surface area (Å²) >= 11 is 0. The van der Waals surface area contributed by atoms with E-state index in [4.69, 9.17) is 9.47 Å². The summed E-state index contributed by atoms with van der Waals surface area (Å²) in [7, 11) is 3.69. The fourth-order valence-electron chi connectivity index (χ4n) is 49.7. The highest BCUT2D eigenvalue weighted by atomic mass is 16.5. The Morgan fingerprint density at radius 2 is 0.673 bits per heavy atom. The molecule has 24 fully saturated rings. The minimum absolute atomic E-state index is 0.0210. The van der Waals surface area contributed by atoms with Crippen LogP contribution in [0.3, 0.4) is 0 Å². The van der Waals surface area contributed by atoms with Gasteiger partial charge in [0.25, 0.3) is 0 Å². The summed E-state index contributed by atoms with van der Waals surface area (Å²) in [6, 6.07) is 0. The highest BCUT2D eigenvalue weighted by Gasteiger charge is 2.73. The van der Waals surface area contributed by atoms with Crippen molar-refractivity contribution >= 4 is 23.1 Å². The lowest BCUT2D eigenvalue weighted by Gasteiger charge is -2.62. The van der Waals surface area contributed by atoms with Crippen LogP contribution in [0.25, 0.3) is 0 Å². The highest BCUT2D eigenvalue weighted by molar-refractivity contribution is 5.86. The van der Waals surface area contributed by atoms with E-state index in [9.17, 15) is 49.8 Å². The van der Waals surface area contributed by atoms with Crippen LogP contribution < -0.4 is 0 Å². The smallest absolute Gasteiger partial charge is 0.136 e. The average Bonchev–Trinajstić information content (AvgIpc) is 1.42. The van der Waals surface area contributed by atoms with Gasteiger partial charge in [0.05, 0.1) is 48.8 Å². The molecule has 12 heteroatoms. The molecule has 0 aromatic carbocycles. The first-order valence-corrected chi connectivity index (χ1v) is 64.0. The molecule has 150 heavy (non-hydrogen) atoms. The van der Waals surface area contributed by atoms with E-state index in [1.807, 2.05) is 41.9 Å². The molecule has 0 aromatic rings. The number of hydrogen-bond donors (Lipinski definition) is 6. The summed E-state index contributed by atoms with van der Waals surface area (Å²) in [5.41, 5.74) is 3.84. The minimum atomic E-state index is -0.249. The Morgan fingerprint density at radius 1 is 0.320 bits per heavy atom. The van der Waals surface area contributed by atoms with Crippen LogP contribution in [0.4, 0.5) is 0 Å². The van der Waals surface area contributed by atoms with Crippen LogP contribution in [-0.2, 0) is 28.7 Å². The van der Waals surface area contributed by atoms with Gasteiger partial charge in [-0.25, -0.2) is 0 Å². The van der Waals surface area contributed by atoms with E-state index in [1.165, 1.54) is 179 Å². The number of carbonyl (C=O) groups is 4. The van der Waals surface area contributed by atoms with Gasteiger partial charge in [-0.05, 0) is 601 Å². The lowest BCUT2D eigenvalue weighted by Crippen LogP contribution is -2.61. The summed E-state index contributed by atoms with van der Waals surface area (Å²) in [6.45, 7) is 61.1. The molecule has 24 saturated carbocycles. The molecular weight excluding hydrogens is 1850 g/mol. The van der Waals surface area contributed by atoms with Crippen molar-refractivity contribution < 1.29 is 59.3 Å². The largest absolute Gasteiger partial charge is 0.393 e. The van der Waals surface area contributed by atoms with Crippen LogP contribution in [0.5, 0.6) is 0 Å². The standard InChI is InChI=1S/2C23H36O3.2C23H36O2.C23H38O.C23H36O/c1-5-15-7-9-19-18-8-6-16-12-17(25)10-11-22(16,3)21(18)20(26-4)13-23(15,19)14(2)24;1-5-15-6-7-19-17-13-21(26-4)20-12-16(25)8-10-22(20,3)18(17)9-11-23(15,19)14(2)24;1-5-16-7-9-20-18-8-6-17-12-21(25)14(2)13-22(17,4)19(18)10-11-23(16,20)15(3)24;1-4-16-7-9-21-19-8-6-17-14-18(25)10-12-22(17,5-2)20(19)11-13-23(16,21)15(3)24;2*1-5-23-13-11-20-18(21(23)9-8-19(23)15(2)3)7-6-16-14-17(24)10-12-22(16,20)4/h2*5,15-21,25H,1,6-13H2,2-4H3;5,14,16-21,25H,1,6-13H2,2-4H3;4,16-21,25H,1,5-14H2,2-3H3;5,15-21,24H,1,6-14H2,2-4H3;5,16-21,24H,1-2,6-14H2,3-4H3/t15-,16-,17+,18-,19-,20-,21+,22-,23-;15-,16+,17+,18-,19-,20+,21+,22+,23-;14-,16-,17-,18+,19-,20-,21-,22-,23-;16-,17-,18+,19+,20-,21-,22-,23-;2*16-,17+,18+,19+,20-,21-,22-,23+/m000000/s1. The fraction of sp³-hybridized carbons (Fsp3) is 0.870. The molecule has 0 spiro atoms. The van der Waals surface area contributed by atoms with Gasteiger partial charge in [-0.1, -0.05) is 111 Å². The molecule has 0 heterocycles. The Balaban J connectivity index is 0.000000113. The molecule has 0 amide bonds. The van der Waals surface area contributed by atoms with Crippen LogP contribution in [-0.4, -0.2) is 117 Å². The molecule has 24 rings (SSSR count). The van der Waals surface area contributed by atoms with E-state index >= 15 is 0 Å². The molecule has 842 valence electrons. The molecular formula is C138H218O12. The maximum Gasteiger partial charge on any atom is 0.136 e. The van der Waals surface area contributed by atoms with Crippen molar-refractivity contribution in [3.63, 3.8) is 0 Å². The van der Waals surface area contributed by atoms with Crippen LogP contribution in [0.15, 0.2) is 88.1 Å². The van der Waals surface area contributed by atoms with Gasteiger partial charge >= 0.3 is 0 Å². The average molecular weight is 2070 g/mol. The van der Waals surface area contributed by atoms with Crippen LogP contribution >= 0.6 is 0 Å². The third-order valence-corrected chi connectivity index (χ3v) is 56.6. The van der Waals surface area contributed by atoms with Crippen molar-refractivity contribution in [1.82, 2.24) is 0 Å². The molecule has 0 unspecified atom stereocenters. The zero-order chi connectivity index (χ0) is 107. The number of hydrogen-bond acceptors (Lipinski definition) is 12. The van der Waals surface area contributed by atoms with Gasteiger partial charge in [-0.3, -0.25) is 19.2 Å². The van der Waals surface area contributed by atoms with Crippen molar-refractivity contribution in [2.75, 3.05) is 14.2 Å². The van der Waals surface area contributed by atoms with E-state index in [2.05, 4.69) is 152 Å². The Hall–Kier alpha value is -3.46. The molecule has 0 aromatic heterocycles. The first-order chi connectivity index (χ1) is 71.4. The van der Waals surface area contributed by atoms with E-state index in [-0.39, 0.29) is 81.3 Å². The van der Waals surface area contributed by atoms with Gasteiger partial charge in [0.15, 0.2) is 0 Å². The monoisotopic (exact) mass is 2070 g/mol. The Bertz CT molecular complexity index is 4840. The molecule has 0 radical (unpaired) electrons.